The quantitative estimate of drug-likeness (QED) is 0.616. The standard InChI is InChI=1S/C11H13N3O7/c1-3-12(4-2)11(17)8-9(15)6(13(18)19)5-7(10(8)16)14(20)21/h5,15-16H,3-4H2,1-2H3. The number of aromatic hydroxyl groups is 2. The number of phenols is 2. The molecule has 2 N–H and O–H groups in total. The normalized spacial score (nSPS) is 10.2. The third-order valence-corrected chi connectivity index (χ3v) is 2.89. The van der Waals surface area contributed by atoms with Crippen LogP contribution in [-0.2, 0) is 0 Å². The molecule has 0 saturated carbocycles. The molecule has 0 radical (unpaired) electrons. The van der Waals surface area contributed by atoms with Gasteiger partial charge in [0, 0.05) is 13.1 Å². The van der Waals surface area contributed by atoms with Gasteiger partial charge in [0.25, 0.3) is 5.91 Å². The molecule has 0 saturated heterocycles. The van der Waals surface area contributed by atoms with Crippen molar-refractivity contribution in [1.29, 1.82) is 0 Å². The Balaban J connectivity index is 3.67. The summed E-state index contributed by atoms with van der Waals surface area (Å²) in [6.45, 7) is 3.62. The molecule has 114 valence electrons. The molecule has 0 aliphatic rings. The van der Waals surface area contributed by atoms with Crippen molar-refractivity contribution < 1.29 is 24.9 Å². The fraction of sp³-hybridized carbons (Fsp3) is 0.364. The van der Waals surface area contributed by atoms with Gasteiger partial charge in [0.05, 0.1) is 9.85 Å². The first kappa shape index (κ1) is 16.1. The van der Waals surface area contributed by atoms with Crippen LogP contribution in [0.3, 0.4) is 0 Å². The van der Waals surface area contributed by atoms with E-state index in [2.05, 4.69) is 0 Å². The van der Waals surface area contributed by atoms with Crippen LogP contribution < -0.4 is 0 Å². The van der Waals surface area contributed by atoms with Gasteiger partial charge in [-0.2, -0.15) is 0 Å². The molecular weight excluding hydrogens is 286 g/mol. The average Bonchev–Trinajstić information content (AvgIpc) is 2.39. The minimum Gasteiger partial charge on any atom is -0.501 e. The summed E-state index contributed by atoms with van der Waals surface area (Å²) in [6.07, 6.45) is 0. The molecule has 0 spiro atoms. The van der Waals surface area contributed by atoms with Crippen LogP contribution in [-0.4, -0.2) is 44.0 Å². The van der Waals surface area contributed by atoms with E-state index in [1.54, 1.807) is 13.8 Å². The number of benzene rings is 1. The number of hydrogen-bond donors (Lipinski definition) is 2. The third kappa shape index (κ3) is 2.83. The maximum atomic E-state index is 12.2. The van der Waals surface area contributed by atoms with E-state index in [1.807, 2.05) is 0 Å². The lowest BCUT2D eigenvalue weighted by Crippen LogP contribution is -2.30. The van der Waals surface area contributed by atoms with Crippen LogP contribution >= 0.6 is 0 Å². The largest absolute Gasteiger partial charge is 0.501 e. The number of amides is 1. The molecule has 0 unspecified atom stereocenters. The number of carbonyl (C=O) groups excluding carboxylic acids is 1. The van der Waals surface area contributed by atoms with E-state index in [4.69, 9.17) is 0 Å². The van der Waals surface area contributed by atoms with Gasteiger partial charge < -0.3 is 15.1 Å². The second kappa shape index (κ2) is 6.03. The summed E-state index contributed by atoms with van der Waals surface area (Å²) in [4.78, 5) is 32.8. The second-order valence-electron chi connectivity index (χ2n) is 3.98. The molecule has 1 aromatic rings. The number of phenolic OH excluding ortho intramolecular Hbond substituents is 2. The predicted octanol–water partition coefficient (Wildman–Crippen LogP) is 1.40. The Labute approximate surface area is 118 Å². The van der Waals surface area contributed by atoms with Crippen LogP contribution in [0.15, 0.2) is 6.07 Å². The van der Waals surface area contributed by atoms with Gasteiger partial charge in [0.1, 0.15) is 11.6 Å². The van der Waals surface area contributed by atoms with E-state index in [9.17, 15) is 35.2 Å². The maximum absolute atomic E-state index is 12.2. The van der Waals surface area contributed by atoms with E-state index >= 15 is 0 Å². The highest BCUT2D eigenvalue weighted by Crippen LogP contribution is 2.43. The van der Waals surface area contributed by atoms with Crippen molar-refractivity contribution in [2.45, 2.75) is 13.8 Å². The summed E-state index contributed by atoms with van der Waals surface area (Å²) in [5, 5.41) is 41.2. The Morgan fingerprint density at radius 1 is 1.10 bits per heavy atom. The average molecular weight is 299 g/mol. The van der Waals surface area contributed by atoms with E-state index in [0.29, 0.717) is 6.07 Å². The minimum absolute atomic E-state index is 0.199. The van der Waals surface area contributed by atoms with Crippen LogP contribution in [0.5, 0.6) is 11.5 Å². The summed E-state index contributed by atoms with van der Waals surface area (Å²) >= 11 is 0. The fourth-order valence-corrected chi connectivity index (χ4v) is 1.78. The molecule has 1 rings (SSSR count). The minimum atomic E-state index is -1.10. The monoisotopic (exact) mass is 299 g/mol. The number of nitro benzene ring substituents is 2. The number of nitrogens with zero attached hydrogens (tertiary/aromatic N) is 3. The van der Waals surface area contributed by atoms with Gasteiger partial charge >= 0.3 is 11.4 Å². The zero-order valence-electron chi connectivity index (χ0n) is 11.3. The third-order valence-electron chi connectivity index (χ3n) is 2.89. The van der Waals surface area contributed by atoms with Crippen molar-refractivity contribution in [2.24, 2.45) is 0 Å². The summed E-state index contributed by atoms with van der Waals surface area (Å²) in [5.41, 5.74) is -2.88. The van der Waals surface area contributed by atoms with Crippen LogP contribution in [0.25, 0.3) is 0 Å². The molecular formula is C11H13N3O7. The van der Waals surface area contributed by atoms with Crippen molar-refractivity contribution in [1.82, 2.24) is 4.90 Å². The lowest BCUT2D eigenvalue weighted by molar-refractivity contribution is -0.395. The van der Waals surface area contributed by atoms with Crippen molar-refractivity contribution in [3.8, 4) is 11.5 Å². The first-order valence-electron chi connectivity index (χ1n) is 5.93. The highest BCUT2D eigenvalue weighted by molar-refractivity contribution is 6.02. The van der Waals surface area contributed by atoms with Crippen LogP contribution in [0.2, 0.25) is 0 Å². The molecule has 0 aromatic heterocycles. The number of nitro groups is 2. The molecule has 0 atom stereocenters. The zero-order valence-corrected chi connectivity index (χ0v) is 11.3. The first-order chi connectivity index (χ1) is 9.76. The lowest BCUT2D eigenvalue weighted by atomic mass is 10.1. The molecule has 21 heavy (non-hydrogen) atoms. The van der Waals surface area contributed by atoms with E-state index in [0.717, 1.165) is 4.90 Å². The topological polar surface area (TPSA) is 147 Å². The van der Waals surface area contributed by atoms with E-state index < -0.39 is 44.2 Å². The Morgan fingerprint density at radius 3 is 1.76 bits per heavy atom. The molecule has 10 heteroatoms. The number of carbonyl (C=O) groups is 1. The van der Waals surface area contributed by atoms with Gasteiger partial charge in [0.2, 0.25) is 11.5 Å². The molecule has 0 aliphatic heterocycles. The number of rotatable bonds is 5. The first-order valence-corrected chi connectivity index (χ1v) is 5.93. The number of hydrogen-bond acceptors (Lipinski definition) is 7. The molecule has 1 aromatic carbocycles. The van der Waals surface area contributed by atoms with Gasteiger partial charge in [-0.25, -0.2) is 0 Å². The fourth-order valence-electron chi connectivity index (χ4n) is 1.78. The molecule has 0 aliphatic carbocycles. The van der Waals surface area contributed by atoms with E-state index in [-0.39, 0.29) is 13.1 Å². The second-order valence-corrected chi connectivity index (χ2v) is 3.98. The lowest BCUT2D eigenvalue weighted by Gasteiger charge is -2.19. The van der Waals surface area contributed by atoms with Crippen LogP contribution in [0.1, 0.15) is 24.2 Å². The molecule has 0 heterocycles. The summed E-state index contributed by atoms with van der Waals surface area (Å²) in [6, 6.07) is 0.406. The van der Waals surface area contributed by atoms with Gasteiger partial charge in [-0.05, 0) is 13.8 Å². The Kier molecular flexibility index (Phi) is 4.64. The van der Waals surface area contributed by atoms with Gasteiger partial charge in [-0.3, -0.25) is 25.0 Å². The summed E-state index contributed by atoms with van der Waals surface area (Å²) in [5.74, 6) is -3.12. The highest BCUT2D eigenvalue weighted by atomic mass is 16.6. The van der Waals surface area contributed by atoms with Gasteiger partial charge in [0.15, 0.2) is 0 Å². The Bertz CT molecular complexity index is 572. The Morgan fingerprint density at radius 2 is 1.48 bits per heavy atom. The van der Waals surface area contributed by atoms with Crippen molar-refractivity contribution in [2.75, 3.05) is 13.1 Å². The molecule has 0 bridgehead atoms. The van der Waals surface area contributed by atoms with Gasteiger partial charge in [-0.1, -0.05) is 0 Å². The Hall–Kier alpha value is -2.91. The van der Waals surface area contributed by atoms with Gasteiger partial charge in [-0.15, -0.1) is 0 Å². The SMILES string of the molecule is CCN(CC)C(=O)c1c(O)c([N+](=O)[O-])cc([N+](=O)[O-])c1O. The summed E-state index contributed by atoms with van der Waals surface area (Å²) in [7, 11) is 0. The van der Waals surface area contributed by atoms with Crippen molar-refractivity contribution in [3.63, 3.8) is 0 Å². The van der Waals surface area contributed by atoms with Crippen molar-refractivity contribution in [3.05, 3.63) is 31.9 Å². The molecule has 0 fully saturated rings. The summed E-state index contributed by atoms with van der Waals surface area (Å²) < 4.78 is 0. The van der Waals surface area contributed by atoms with Crippen LogP contribution in [0.4, 0.5) is 11.4 Å². The van der Waals surface area contributed by atoms with Crippen molar-refractivity contribution >= 4 is 17.3 Å². The molecule has 1 amide bonds. The van der Waals surface area contributed by atoms with E-state index in [1.165, 1.54) is 0 Å². The van der Waals surface area contributed by atoms with Crippen LogP contribution in [0, 0.1) is 20.2 Å². The highest BCUT2D eigenvalue weighted by Gasteiger charge is 2.34. The smallest absolute Gasteiger partial charge is 0.318 e. The predicted molar refractivity (Wildman–Crippen MR) is 70.3 cm³/mol. The molecule has 10 nitrogen and oxygen atoms in total. The zero-order chi connectivity index (χ0) is 16.3. The maximum Gasteiger partial charge on any atom is 0.318 e.